The van der Waals surface area contributed by atoms with Gasteiger partial charge >= 0.3 is 5.82 Å². The number of carbonyl (C=O) groups excluding carboxylic acids is 1. The van der Waals surface area contributed by atoms with Crippen molar-refractivity contribution in [3.8, 4) is 0 Å². The van der Waals surface area contributed by atoms with Gasteiger partial charge < -0.3 is 15.4 Å². The molecule has 122 valence electrons. The van der Waals surface area contributed by atoms with Crippen LogP contribution >= 0.6 is 15.9 Å². The van der Waals surface area contributed by atoms with Crippen molar-refractivity contribution in [3.63, 3.8) is 0 Å². The van der Waals surface area contributed by atoms with E-state index < -0.39 is 11.0 Å². The third-order valence-corrected chi connectivity index (χ3v) is 4.56. The summed E-state index contributed by atoms with van der Waals surface area (Å²) in [5.74, 6) is -0.574. The van der Waals surface area contributed by atoms with Gasteiger partial charge in [-0.1, -0.05) is 25.1 Å². The van der Waals surface area contributed by atoms with Crippen molar-refractivity contribution in [2.75, 3.05) is 5.32 Å². The highest BCUT2D eigenvalue weighted by Crippen LogP contribution is 2.29. The summed E-state index contributed by atoms with van der Waals surface area (Å²) in [7, 11) is 0. The van der Waals surface area contributed by atoms with Crippen molar-refractivity contribution in [1.82, 2.24) is 9.78 Å². The SMILES string of the molecule is CCc1ccccc1NC(=O)[C@@H](C)n1nc([N+](=O)[O-])c(Br)c1C. The highest BCUT2D eigenvalue weighted by atomic mass is 79.9. The standard InChI is InChI=1S/C15H17BrN4O3/c1-4-11-7-5-6-8-12(11)17-15(21)10(3)19-9(2)13(16)14(18-19)20(22)23/h5-8,10H,4H2,1-3H3,(H,17,21)/t10-/m1/s1. The highest BCUT2D eigenvalue weighted by Gasteiger charge is 2.29. The molecular formula is C15H17BrN4O3. The van der Waals surface area contributed by atoms with Gasteiger partial charge in [-0.25, -0.2) is 0 Å². The molecule has 0 unspecified atom stereocenters. The summed E-state index contributed by atoms with van der Waals surface area (Å²) in [4.78, 5) is 22.8. The van der Waals surface area contributed by atoms with Crippen molar-refractivity contribution in [1.29, 1.82) is 0 Å². The maximum atomic E-state index is 12.5. The van der Waals surface area contributed by atoms with Crippen LogP contribution in [0.25, 0.3) is 0 Å². The fraction of sp³-hybridized carbons (Fsp3) is 0.333. The van der Waals surface area contributed by atoms with Crippen LogP contribution in [0.4, 0.5) is 11.5 Å². The zero-order valence-corrected chi connectivity index (χ0v) is 14.6. The molecule has 0 radical (unpaired) electrons. The second kappa shape index (κ2) is 6.91. The van der Waals surface area contributed by atoms with E-state index in [-0.39, 0.29) is 16.2 Å². The summed E-state index contributed by atoms with van der Waals surface area (Å²) in [6, 6.07) is 6.86. The van der Waals surface area contributed by atoms with Crippen molar-refractivity contribution < 1.29 is 9.72 Å². The Bertz CT molecular complexity index is 757. The molecule has 0 fully saturated rings. The van der Waals surface area contributed by atoms with E-state index in [4.69, 9.17) is 0 Å². The molecule has 7 nitrogen and oxygen atoms in total. The molecule has 1 heterocycles. The predicted molar refractivity (Wildman–Crippen MR) is 90.5 cm³/mol. The lowest BCUT2D eigenvalue weighted by Gasteiger charge is -2.13. The molecule has 0 spiro atoms. The van der Waals surface area contributed by atoms with Crippen LogP contribution < -0.4 is 5.32 Å². The van der Waals surface area contributed by atoms with Crippen LogP contribution in [-0.2, 0) is 11.2 Å². The Hall–Kier alpha value is -2.22. The smallest absolute Gasteiger partial charge is 0.358 e. The maximum absolute atomic E-state index is 12.5. The fourth-order valence-electron chi connectivity index (χ4n) is 2.28. The Balaban J connectivity index is 2.27. The minimum Gasteiger partial charge on any atom is -0.358 e. The molecule has 1 amide bonds. The summed E-state index contributed by atoms with van der Waals surface area (Å²) in [6.45, 7) is 5.33. The molecule has 8 heteroatoms. The van der Waals surface area contributed by atoms with Gasteiger partial charge in [0.1, 0.15) is 10.5 Å². The molecule has 1 aromatic carbocycles. The normalized spacial score (nSPS) is 12.0. The van der Waals surface area contributed by atoms with E-state index in [1.54, 1.807) is 13.8 Å². The molecule has 0 aliphatic rings. The lowest BCUT2D eigenvalue weighted by Crippen LogP contribution is -2.25. The lowest BCUT2D eigenvalue weighted by atomic mass is 10.1. The number of rotatable bonds is 5. The Morgan fingerprint density at radius 1 is 1.48 bits per heavy atom. The number of anilines is 1. The van der Waals surface area contributed by atoms with Crippen LogP contribution in [0.5, 0.6) is 0 Å². The highest BCUT2D eigenvalue weighted by molar-refractivity contribution is 9.10. The van der Waals surface area contributed by atoms with E-state index in [1.807, 2.05) is 31.2 Å². The summed E-state index contributed by atoms with van der Waals surface area (Å²) in [6.07, 6.45) is 0.794. The van der Waals surface area contributed by atoms with Crippen LogP contribution in [0.3, 0.4) is 0 Å². The third-order valence-electron chi connectivity index (χ3n) is 3.64. The first-order chi connectivity index (χ1) is 10.9. The quantitative estimate of drug-likeness (QED) is 0.633. The largest absolute Gasteiger partial charge is 0.404 e. The molecule has 0 saturated heterocycles. The van der Waals surface area contributed by atoms with E-state index in [0.717, 1.165) is 17.7 Å². The predicted octanol–water partition coefficient (Wildman–Crippen LogP) is 3.62. The number of nitrogens with one attached hydrogen (secondary N) is 1. The number of hydrogen-bond donors (Lipinski definition) is 1. The van der Waals surface area contributed by atoms with Gasteiger partial charge in [-0.05, 0) is 52.8 Å². The van der Waals surface area contributed by atoms with E-state index in [0.29, 0.717) is 5.69 Å². The second-order valence-corrected chi connectivity index (χ2v) is 5.89. The minimum absolute atomic E-state index is 0.279. The van der Waals surface area contributed by atoms with Gasteiger partial charge in [-0.3, -0.25) is 4.79 Å². The van der Waals surface area contributed by atoms with Crippen molar-refractivity contribution in [3.05, 3.63) is 50.1 Å². The van der Waals surface area contributed by atoms with Crippen LogP contribution in [0.15, 0.2) is 28.7 Å². The summed E-state index contributed by atoms with van der Waals surface area (Å²) >= 11 is 3.15. The molecule has 2 rings (SSSR count). The molecule has 1 N–H and O–H groups in total. The topological polar surface area (TPSA) is 90.1 Å². The van der Waals surface area contributed by atoms with Crippen LogP contribution in [0, 0.1) is 17.0 Å². The monoisotopic (exact) mass is 380 g/mol. The summed E-state index contributed by atoms with van der Waals surface area (Å²) in [5, 5.41) is 17.7. The Morgan fingerprint density at radius 2 is 2.13 bits per heavy atom. The number of hydrogen-bond acceptors (Lipinski definition) is 4. The van der Waals surface area contributed by atoms with Gasteiger partial charge in [0.25, 0.3) is 5.91 Å². The van der Waals surface area contributed by atoms with Crippen LogP contribution in [0.1, 0.15) is 31.1 Å². The van der Waals surface area contributed by atoms with E-state index in [1.165, 1.54) is 4.68 Å². The minimum atomic E-state index is -0.676. The molecule has 0 aliphatic heterocycles. The Kier molecular flexibility index (Phi) is 5.15. The number of carbonyl (C=O) groups is 1. The number of amides is 1. The molecular weight excluding hydrogens is 364 g/mol. The van der Waals surface area contributed by atoms with Gasteiger partial charge in [0.15, 0.2) is 0 Å². The van der Waals surface area contributed by atoms with E-state index in [2.05, 4.69) is 26.3 Å². The lowest BCUT2D eigenvalue weighted by molar-refractivity contribution is -0.390. The zero-order valence-electron chi connectivity index (χ0n) is 13.0. The fourth-order valence-corrected chi connectivity index (χ4v) is 2.68. The van der Waals surface area contributed by atoms with Gasteiger partial charge in [-0.2, -0.15) is 4.68 Å². The molecule has 0 bridgehead atoms. The van der Waals surface area contributed by atoms with Crippen molar-refractivity contribution in [2.24, 2.45) is 0 Å². The van der Waals surface area contributed by atoms with Gasteiger partial charge in [0, 0.05) is 5.69 Å². The van der Waals surface area contributed by atoms with Crippen molar-refractivity contribution in [2.45, 2.75) is 33.2 Å². The van der Waals surface area contributed by atoms with Crippen molar-refractivity contribution >= 4 is 33.3 Å². The molecule has 0 aliphatic carbocycles. The molecule has 1 aromatic heterocycles. The number of nitrogens with zero attached hydrogens (tertiary/aromatic N) is 3. The number of para-hydroxylation sites is 1. The molecule has 23 heavy (non-hydrogen) atoms. The molecule has 0 saturated carbocycles. The molecule has 1 atom stereocenters. The average molecular weight is 381 g/mol. The second-order valence-electron chi connectivity index (χ2n) is 5.10. The number of benzene rings is 1. The maximum Gasteiger partial charge on any atom is 0.404 e. The third kappa shape index (κ3) is 3.42. The van der Waals surface area contributed by atoms with Crippen LogP contribution in [-0.4, -0.2) is 20.6 Å². The van der Waals surface area contributed by atoms with Gasteiger partial charge in [0.2, 0.25) is 0 Å². The first-order valence-corrected chi connectivity index (χ1v) is 7.93. The Labute approximate surface area is 142 Å². The van der Waals surface area contributed by atoms with E-state index >= 15 is 0 Å². The van der Waals surface area contributed by atoms with Gasteiger partial charge in [0.05, 0.1) is 10.8 Å². The zero-order chi connectivity index (χ0) is 17.1. The molecule has 2 aromatic rings. The number of halogens is 1. The first kappa shape index (κ1) is 17.1. The summed E-state index contributed by atoms with van der Waals surface area (Å²) < 4.78 is 1.64. The number of nitro groups is 1. The number of aromatic nitrogens is 2. The average Bonchev–Trinajstić information content (AvgIpc) is 2.83. The van der Waals surface area contributed by atoms with Crippen LogP contribution in [0.2, 0.25) is 0 Å². The first-order valence-electron chi connectivity index (χ1n) is 7.14. The van der Waals surface area contributed by atoms with Gasteiger partial charge in [-0.15, -0.1) is 0 Å². The Morgan fingerprint density at radius 3 is 2.70 bits per heavy atom. The number of aryl methyl sites for hydroxylation is 1. The summed E-state index contributed by atoms with van der Waals surface area (Å²) in [5.41, 5.74) is 2.30. The van der Waals surface area contributed by atoms with E-state index in [9.17, 15) is 14.9 Å².